The fraction of sp³-hybridized carbons (Fsp3) is 0.889. The molecule has 0 spiro atoms. The molecule has 1 aliphatic rings. The molecular formula is C9H18ClNO. The molecule has 1 atom stereocenters. The average molecular weight is 192 g/mol. The largest absolute Gasteiger partial charge is 0.369 e. The van der Waals surface area contributed by atoms with E-state index in [1.54, 1.807) is 0 Å². The third kappa shape index (κ3) is 3.02. The number of carbonyl (C=O) groups excluding carboxylic acids is 1. The zero-order valence-corrected chi connectivity index (χ0v) is 8.40. The summed E-state index contributed by atoms with van der Waals surface area (Å²) in [6.07, 6.45) is 6.29. The summed E-state index contributed by atoms with van der Waals surface area (Å²) in [6.45, 7) is 1.96. The van der Waals surface area contributed by atoms with Crippen molar-refractivity contribution in [3.63, 3.8) is 0 Å². The van der Waals surface area contributed by atoms with Crippen LogP contribution < -0.4 is 5.73 Å². The van der Waals surface area contributed by atoms with Crippen molar-refractivity contribution in [2.45, 2.75) is 39.0 Å². The maximum atomic E-state index is 10.8. The molecule has 0 bridgehead atoms. The number of rotatable bonds is 2. The van der Waals surface area contributed by atoms with Gasteiger partial charge in [0.2, 0.25) is 5.91 Å². The highest BCUT2D eigenvalue weighted by Gasteiger charge is 2.23. The van der Waals surface area contributed by atoms with Crippen molar-refractivity contribution in [3.8, 4) is 0 Å². The molecule has 0 aromatic rings. The second-order valence-corrected chi connectivity index (χ2v) is 3.59. The van der Waals surface area contributed by atoms with E-state index in [1.807, 2.05) is 6.92 Å². The van der Waals surface area contributed by atoms with Crippen LogP contribution in [0.3, 0.4) is 0 Å². The van der Waals surface area contributed by atoms with E-state index < -0.39 is 0 Å². The first-order valence-corrected chi connectivity index (χ1v) is 4.51. The predicted octanol–water partition coefficient (Wildman–Crippen LogP) is 2.11. The molecular weight excluding hydrogens is 174 g/mol. The molecule has 0 aliphatic heterocycles. The minimum absolute atomic E-state index is 0. The molecule has 1 fully saturated rings. The van der Waals surface area contributed by atoms with Gasteiger partial charge in [0.15, 0.2) is 0 Å². The Bertz CT molecular complexity index is 143. The highest BCUT2D eigenvalue weighted by molar-refractivity contribution is 5.85. The van der Waals surface area contributed by atoms with Crippen LogP contribution in [0, 0.1) is 11.8 Å². The van der Waals surface area contributed by atoms with Gasteiger partial charge >= 0.3 is 0 Å². The van der Waals surface area contributed by atoms with Gasteiger partial charge in [-0.25, -0.2) is 0 Å². The molecule has 2 nitrogen and oxygen atoms in total. The van der Waals surface area contributed by atoms with Crippen LogP contribution in [0.2, 0.25) is 0 Å². The van der Waals surface area contributed by atoms with Gasteiger partial charge in [-0.3, -0.25) is 4.79 Å². The van der Waals surface area contributed by atoms with Crippen molar-refractivity contribution in [3.05, 3.63) is 0 Å². The number of hydrogen-bond donors (Lipinski definition) is 1. The highest BCUT2D eigenvalue weighted by Crippen LogP contribution is 2.29. The minimum atomic E-state index is -0.128. The van der Waals surface area contributed by atoms with Crippen LogP contribution in [0.15, 0.2) is 0 Å². The molecule has 72 valence electrons. The fourth-order valence-electron chi connectivity index (χ4n) is 1.87. The quantitative estimate of drug-likeness (QED) is 0.714. The number of hydrogen-bond acceptors (Lipinski definition) is 1. The van der Waals surface area contributed by atoms with Crippen LogP contribution in [0.5, 0.6) is 0 Å². The lowest BCUT2D eigenvalue weighted by atomic mass is 9.81. The first-order valence-electron chi connectivity index (χ1n) is 4.51. The summed E-state index contributed by atoms with van der Waals surface area (Å²) in [6, 6.07) is 0. The van der Waals surface area contributed by atoms with Crippen molar-refractivity contribution < 1.29 is 4.79 Å². The summed E-state index contributed by atoms with van der Waals surface area (Å²) in [5, 5.41) is 0. The standard InChI is InChI=1S/C9H17NO.ClH/c1-7(9(10)11)8-5-3-2-4-6-8;/h7-8H,2-6H2,1H3,(H2,10,11);1H. The molecule has 1 aliphatic carbocycles. The molecule has 1 rings (SSSR count). The third-order valence-electron chi connectivity index (χ3n) is 2.81. The molecule has 0 heterocycles. The molecule has 1 saturated carbocycles. The Balaban J connectivity index is 0.00000121. The summed E-state index contributed by atoms with van der Waals surface area (Å²) >= 11 is 0. The van der Waals surface area contributed by atoms with E-state index in [4.69, 9.17) is 5.73 Å². The Labute approximate surface area is 80.3 Å². The van der Waals surface area contributed by atoms with Crippen LogP contribution in [-0.2, 0) is 4.79 Å². The van der Waals surface area contributed by atoms with Gasteiger partial charge in [-0.2, -0.15) is 0 Å². The molecule has 0 aromatic heterocycles. The average Bonchev–Trinajstić information content (AvgIpc) is 2.05. The Morgan fingerprint density at radius 1 is 1.33 bits per heavy atom. The highest BCUT2D eigenvalue weighted by atomic mass is 35.5. The molecule has 1 amide bonds. The number of carbonyl (C=O) groups is 1. The SMILES string of the molecule is CC(C(N)=O)C1CCCCC1.Cl. The number of nitrogens with two attached hydrogens (primary N) is 1. The van der Waals surface area contributed by atoms with Crippen molar-refractivity contribution in [1.29, 1.82) is 0 Å². The minimum Gasteiger partial charge on any atom is -0.369 e. The molecule has 0 saturated heterocycles. The molecule has 1 unspecified atom stereocenters. The fourth-order valence-corrected chi connectivity index (χ4v) is 1.87. The second kappa shape index (κ2) is 5.41. The van der Waals surface area contributed by atoms with Crippen LogP contribution in [-0.4, -0.2) is 5.91 Å². The Hall–Kier alpha value is -0.240. The molecule has 0 radical (unpaired) electrons. The lowest BCUT2D eigenvalue weighted by Gasteiger charge is -2.25. The van der Waals surface area contributed by atoms with E-state index in [0.717, 1.165) is 0 Å². The number of halogens is 1. The molecule has 12 heavy (non-hydrogen) atoms. The van der Waals surface area contributed by atoms with Crippen LogP contribution in [0.4, 0.5) is 0 Å². The van der Waals surface area contributed by atoms with Crippen molar-refractivity contribution in [2.24, 2.45) is 17.6 Å². The van der Waals surface area contributed by atoms with Crippen molar-refractivity contribution >= 4 is 18.3 Å². The van der Waals surface area contributed by atoms with Gasteiger partial charge in [-0.05, 0) is 18.8 Å². The molecule has 3 heteroatoms. The normalized spacial score (nSPS) is 21.1. The summed E-state index contributed by atoms with van der Waals surface area (Å²) in [5.41, 5.74) is 5.23. The predicted molar refractivity (Wildman–Crippen MR) is 52.2 cm³/mol. The second-order valence-electron chi connectivity index (χ2n) is 3.59. The van der Waals surface area contributed by atoms with Crippen LogP contribution >= 0.6 is 12.4 Å². The number of amides is 1. The van der Waals surface area contributed by atoms with E-state index in [2.05, 4.69) is 0 Å². The Morgan fingerprint density at radius 2 is 1.83 bits per heavy atom. The van der Waals surface area contributed by atoms with E-state index in [9.17, 15) is 4.79 Å². The van der Waals surface area contributed by atoms with Crippen LogP contribution in [0.25, 0.3) is 0 Å². The maximum absolute atomic E-state index is 10.8. The Kier molecular flexibility index (Phi) is 5.31. The van der Waals surface area contributed by atoms with E-state index >= 15 is 0 Å². The van der Waals surface area contributed by atoms with Gasteiger partial charge in [0.1, 0.15) is 0 Å². The Morgan fingerprint density at radius 3 is 2.25 bits per heavy atom. The van der Waals surface area contributed by atoms with Gasteiger partial charge < -0.3 is 5.73 Å². The molecule has 0 aromatic carbocycles. The summed E-state index contributed by atoms with van der Waals surface area (Å²) in [5.74, 6) is 0.536. The maximum Gasteiger partial charge on any atom is 0.220 e. The smallest absolute Gasteiger partial charge is 0.220 e. The summed E-state index contributed by atoms with van der Waals surface area (Å²) in [4.78, 5) is 10.8. The zero-order chi connectivity index (χ0) is 8.27. The first kappa shape index (κ1) is 11.8. The van der Waals surface area contributed by atoms with E-state index in [-0.39, 0.29) is 24.2 Å². The van der Waals surface area contributed by atoms with Crippen LogP contribution in [0.1, 0.15) is 39.0 Å². The van der Waals surface area contributed by atoms with Crippen molar-refractivity contribution in [1.82, 2.24) is 0 Å². The van der Waals surface area contributed by atoms with Gasteiger partial charge in [0.25, 0.3) is 0 Å². The lowest BCUT2D eigenvalue weighted by molar-refractivity contribution is -0.123. The third-order valence-corrected chi connectivity index (χ3v) is 2.81. The molecule has 2 N–H and O–H groups in total. The van der Waals surface area contributed by atoms with Gasteiger partial charge in [-0.1, -0.05) is 26.2 Å². The van der Waals surface area contributed by atoms with Gasteiger partial charge in [0, 0.05) is 5.92 Å². The van der Waals surface area contributed by atoms with Gasteiger partial charge in [-0.15, -0.1) is 12.4 Å². The zero-order valence-electron chi connectivity index (χ0n) is 7.58. The number of primary amides is 1. The lowest BCUT2D eigenvalue weighted by Crippen LogP contribution is -2.28. The van der Waals surface area contributed by atoms with Crippen molar-refractivity contribution in [2.75, 3.05) is 0 Å². The summed E-state index contributed by atoms with van der Waals surface area (Å²) < 4.78 is 0. The van der Waals surface area contributed by atoms with E-state index in [1.165, 1.54) is 32.1 Å². The topological polar surface area (TPSA) is 43.1 Å². The van der Waals surface area contributed by atoms with Gasteiger partial charge in [0.05, 0.1) is 0 Å². The summed E-state index contributed by atoms with van der Waals surface area (Å²) in [7, 11) is 0. The monoisotopic (exact) mass is 191 g/mol. The van der Waals surface area contributed by atoms with E-state index in [0.29, 0.717) is 5.92 Å². The first-order chi connectivity index (χ1) is 5.22.